The predicted molar refractivity (Wildman–Crippen MR) is 89.3 cm³/mol. The number of piperidine rings is 1. The van der Waals surface area contributed by atoms with Crippen LogP contribution in [0.1, 0.15) is 31.2 Å². The molecule has 1 aliphatic heterocycles. The number of anilines is 1. The number of nitrogens with one attached hydrogen (secondary N) is 2. The predicted octanol–water partition coefficient (Wildman–Crippen LogP) is 3.93. The maximum absolute atomic E-state index is 12.4. The summed E-state index contributed by atoms with van der Waals surface area (Å²) in [5.41, 5.74) is 1.17. The number of aryl methyl sites for hydroxylation is 1. The smallest absolute Gasteiger partial charge is 0.326 e. The van der Waals surface area contributed by atoms with Crippen molar-refractivity contribution >= 4 is 24.0 Å². The molecular weight excluding hydrogens is 341 g/mol. The SMILES string of the molecule is Cl.O=C(Nc1ccccc1CCC(F)(F)F)C1CC12CCNCC2. The van der Waals surface area contributed by atoms with Crippen LogP contribution in [-0.4, -0.2) is 25.2 Å². The summed E-state index contributed by atoms with van der Waals surface area (Å²) in [5, 5.41) is 6.14. The van der Waals surface area contributed by atoms with Crippen LogP contribution in [0.4, 0.5) is 18.9 Å². The number of hydrogen-bond acceptors (Lipinski definition) is 2. The van der Waals surface area contributed by atoms with Crippen molar-refractivity contribution in [2.24, 2.45) is 11.3 Å². The van der Waals surface area contributed by atoms with Crippen LogP contribution in [0.15, 0.2) is 24.3 Å². The van der Waals surface area contributed by atoms with Gasteiger partial charge in [-0.05, 0) is 55.8 Å². The molecule has 1 aromatic rings. The fourth-order valence-corrected chi connectivity index (χ4v) is 3.55. The lowest BCUT2D eigenvalue weighted by molar-refractivity contribution is -0.133. The second-order valence-electron chi connectivity index (χ2n) is 6.63. The Bertz CT molecular complexity index is 585. The first-order valence-corrected chi connectivity index (χ1v) is 8.06. The molecule has 1 atom stereocenters. The van der Waals surface area contributed by atoms with E-state index in [0.717, 1.165) is 32.4 Å². The first kappa shape index (κ1) is 19.1. The molecule has 1 heterocycles. The zero-order valence-electron chi connectivity index (χ0n) is 13.3. The van der Waals surface area contributed by atoms with E-state index in [-0.39, 0.29) is 36.1 Å². The first-order valence-electron chi connectivity index (χ1n) is 8.06. The number of para-hydroxylation sites is 1. The molecule has 1 unspecified atom stereocenters. The lowest BCUT2D eigenvalue weighted by Crippen LogP contribution is -2.31. The molecule has 134 valence electrons. The van der Waals surface area contributed by atoms with Crippen molar-refractivity contribution in [3.05, 3.63) is 29.8 Å². The van der Waals surface area contributed by atoms with Gasteiger partial charge in [-0.2, -0.15) is 13.2 Å². The van der Waals surface area contributed by atoms with Gasteiger partial charge in [-0.1, -0.05) is 18.2 Å². The summed E-state index contributed by atoms with van der Waals surface area (Å²) in [6.07, 6.45) is -2.28. The van der Waals surface area contributed by atoms with Crippen LogP contribution in [0.25, 0.3) is 0 Å². The standard InChI is InChI=1S/C17H21F3N2O.ClH/c18-17(19,20)6-5-12-3-1-2-4-14(12)22-15(23)13-11-16(13)7-9-21-10-8-16;/h1-4,13,21H,5-11H2,(H,22,23);1H. The van der Waals surface area contributed by atoms with Gasteiger partial charge in [0.1, 0.15) is 0 Å². The molecule has 7 heteroatoms. The van der Waals surface area contributed by atoms with E-state index >= 15 is 0 Å². The minimum Gasteiger partial charge on any atom is -0.326 e. The van der Waals surface area contributed by atoms with Gasteiger partial charge in [-0.25, -0.2) is 0 Å². The maximum Gasteiger partial charge on any atom is 0.389 e. The molecule has 2 fully saturated rings. The number of hydrogen-bond donors (Lipinski definition) is 2. The topological polar surface area (TPSA) is 41.1 Å². The highest BCUT2D eigenvalue weighted by Gasteiger charge is 2.57. The number of amides is 1. The summed E-state index contributed by atoms with van der Waals surface area (Å²) in [7, 11) is 0. The van der Waals surface area contributed by atoms with Crippen LogP contribution >= 0.6 is 12.4 Å². The quantitative estimate of drug-likeness (QED) is 0.852. The molecule has 1 aromatic carbocycles. The van der Waals surface area contributed by atoms with Crippen molar-refractivity contribution < 1.29 is 18.0 Å². The van der Waals surface area contributed by atoms with E-state index in [0.29, 0.717) is 11.3 Å². The lowest BCUT2D eigenvalue weighted by Gasteiger charge is -2.23. The molecule has 1 aliphatic carbocycles. The molecule has 1 spiro atoms. The number of benzene rings is 1. The van der Waals surface area contributed by atoms with E-state index in [1.54, 1.807) is 24.3 Å². The van der Waals surface area contributed by atoms with Gasteiger partial charge >= 0.3 is 6.18 Å². The summed E-state index contributed by atoms with van der Waals surface area (Å²) >= 11 is 0. The van der Waals surface area contributed by atoms with Gasteiger partial charge < -0.3 is 10.6 Å². The first-order chi connectivity index (χ1) is 10.9. The van der Waals surface area contributed by atoms with E-state index in [9.17, 15) is 18.0 Å². The summed E-state index contributed by atoms with van der Waals surface area (Å²) in [4.78, 5) is 12.4. The third kappa shape index (κ3) is 4.42. The Morgan fingerprint density at radius 3 is 2.58 bits per heavy atom. The molecule has 0 radical (unpaired) electrons. The van der Waals surface area contributed by atoms with Gasteiger partial charge in [0.2, 0.25) is 5.91 Å². The number of carbonyl (C=O) groups is 1. The largest absolute Gasteiger partial charge is 0.389 e. The Morgan fingerprint density at radius 2 is 1.92 bits per heavy atom. The highest BCUT2D eigenvalue weighted by atomic mass is 35.5. The van der Waals surface area contributed by atoms with Gasteiger partial charge in [0.05, 0.1) is 0 Å². The van der Waals surface area contributed by atoms with E-state index in [2.05, 4.69) is 10.6 Å². The average molecular weight is 363 g/mol. The van der Waals surface area contributed by atoms with Crippen LogP contribution in [0.3, 0.4) is 0 Å². The van der Waals surface area contributed by atoms with Crippen LogP contribution in [-0.2, 0) is 11.2 Å². The molecule has 1 saturated heterocycles. The van der Waals surface area contributed by atoms with E-state index in [4.69, 9.17) is 0 Å². The monoisotopic (exact) mass is 362 g/mol. The van der Waals surface area contributed by atoms with Crippen molar-refractivity contribution in [1.82, 2.24) is 5.32 Å². The number of rotatable bonds is 4. The van der Waals surface area contributed by atoms with Crippen molar-refractivity contribution in [3.63, 3.8) is 0 Å². The maximum atomic E-state index is 12.4. The minimum absolute atomic E-state index is 0. The van der Waals surface area contributed by atoms with Crippen molar-refractivity contribution in [2.75, 3.05) is 18.4 Å². The number of alkyl halides is 3. The Morgan fingerprint density at radius 1 is 1.25 bits per heavy atom. The molecule has 24 heavy (non-hydrogen) atoms. The molecule has 2 N–H and O–H groups in total. The summed E-state index contributed by atoms with van der Waals surface area (Å²) in [6.45, 7) is 1.87. The van der Waals surface area contributed by atoms with Gasteiger partial charge in [0, 0.05) is 18.0 Å². The van der Waals surface area contributed by atoms with E-state index in [1.165, 1.54) is 0 Å². The summed E-state index contributed by atoms with van der Waals surface area (Å²) in [6, 6.07) is 6.77. The third-order valence-electron chi connectivity index (χ3n) is 5.06. The molecule has 3 nitrogen and oxygen atoms in total. The van der Waals surface area contributed by atoms with Crippen molar-refractivity contribution in [1.29, 1.82) is 0 Å². The average Bonchev–Trinajstić information content (AvgIpc) is 3.19. The Balaban J connectivity index is 0.00000208. The highest BCUT2D eigenvalue weighted by Crippen LogP contribution is 2.58. The molecule has 2 aliphatic rings. The van der Waals surface area contributed by atoms with Crippen LogP contribution in [0.2, 0.25) is 0 Å². The number of halogens is 4. The molecular formula is C17H22ClF3N2O. The molecule has 1 saturated carbocycles. The van der Waals surface area contributed by atoms with Crippen molar-refractivity contribution in [2.45, 2.75) is 38.3 Å². The fraction of sp³-hybridized carbons (Fsp3) is 0.588. The lowest BCUT2D eigenvalue weighted by atomic mass is 9.91. The van der Waals surface area contributed by atoms with Crippen LogP contribution in [0.5, 0.6) is 0 Å². The minimum atomic E-state index is -4.19. The highest BCUT2D eigenvalue weighted by molar-refractivity contribution is 5.95. The second-order valence-corrected chi connectivity index (χ2v) is 6.63. The normalized spacial score (nSPS) is 21.9. The number of carbonyl (C=O) groups excluding carboxylic acids is 1. The Hall–Kier alpha value is -1.27. The van der Waals surface area contributed by atoms with Crippen LogP contribution < -0.4 is 10.6 Å². The third-order valence-corrected chi connectivity index (χ3v) is 5.06. The van der Waals surface area contributed by atoms with E-state index in [1.807, 2.05) is 0 Å². The molecule has 3 rings (SSSR count). The van der Waals surface area contributed by atoms with E-state index < -0.39 is 12.6 Å². The Kier molecular flexibility index (Phi) is 5.81. The zero-order valence-corrected chi connectivity index (χ0v) is 14.1. The van der Waals surface area contributed by atoms with Crippen LogP contribution in [0, 0.1) is 11.3 Å². The summed E-state index contributed by atoms with van der Waals surface area (Å²) in [5.74, 6) is -0.0494. The Labute approximate surface area is 145 Å². The summed E-state index contributed by atoms with van der Waals surface area (Å²) < 4.78 is 37.3. The van der Waals surface area contributed by atoms with Gasteiger partial charge in [-0.15, -0.1) is 12.4 Å². The molecule has 0 aromatic heterocycles. The second kappa shape index (κ2) is 7.31. The van der Waals surface area contributed by atoms with Gasteiger partial charge in [-0.3, -0.25) is 4.79 Å². The fourth-order valence-electron chi connectivity index (χ4n) is 3.55. The zero-order chi connectivity index (χ0) is 16.5. The van der Waals surface area contributed by atoms with Gasteiger partial charge in [0.25, 0.3) is 0 Å². The van der Waals surface area contributed by atoms with Gasteiger partial charge in [0.15, 0.2) is 0 Å². The van der Waals surface area contributed by atoms with Crippen molar-refractivity contribution in [3.8, 4) is 0 Å². The molecule has 0 bridgehead atoms. The molecule has 1 amide bonds.